The van der Waals surface area contributed by atoms with Crippen LogP contribution in [0.3, 0.4) is 0 Å². The van der Waals surface area contributed by atoms with E-state index in [9.17, 15) is 19.2 Å². The van der Waals surface area contributed by atoms with Crippen molar-refractivity contribution in [2.24, 2.45) is 0 Å². The van der Waals surface area contributed by atoms with Gasteiger partial charge in [0.05, 0.1) is 6.54 Å². The molecule has 0 rings (SSSR count). The highest BCUT2D eigenvalue weighted by Crippen LogP contribution is 2.06. The topological polar surface area (TPSA) is 134 Å². The summed E-state index contributed by atoms with van der Waals surface area (Å²) in [6, 6.07) is 0. The van der Waals surface area contributed by atoms with Crippen LogP contribution in [0.5, 0.6) is 0 Å². The van der Waals surface area contributed by atoms with Gasteiger partial charge in [-0.3, -0.25) is 14.4 Å². The Morgan fingerprint density at radius 1 is 0.952 bits per heavy atom. The van der Waals surface area contributed by atoms with Crippen LogP contribution in [0.4, 0.5) is 4.79 Å². The molecular formula is C12H21N3O6. The van der Waals surface area contributed by atoms with Crippen molar-refractivity contribution < 1.29 is 29.0 Å². The molecule has 0 saturated heterocycles. The van der Waals surface area contributed by atoms with Gasteiger partial charge in [-0.2, -0.15) is 0 Å². The molecule has 120 valence electrons. The van der Waals surface area contributed by atoms with Crippen molar-refractivity contribution in [1.29, 1.82) is 0 Å². The minimum absolute atomic E-state index is 0.0224. The molecule has 0 aromatic heterocycles. The largest absolute Gasteiger partial charge is 0.480 e. The third kappa shape index (κ3) is 12.5. The average Bonchev–Trinajstić information content (AvgIpc) is 2.31. The third-order valence-electron chi connectivity index (χ3n) is 1.90. The molecule has 9 heteroatoms. The summed E-state index contributed by atoms with van der Waals surface area (Å²) in [4.78, 5) is 43.9. The Bertz CT molecular complexity index is 402. The molecule has 9 nitrogen and oxygen atoms in total. The number of nitrogens with one attached hydrogen (secondary N) is 3. The number of carboxylic acids is 1. The molecule has 0 aromatic rings. The zero-order chi connectivity index (χ0) is 16.5. The number of carbonyl (C=O) groups is 4. The second-order valence-electron chi connectivity index (χ2n) is 5.13. The number of aliphatic carboxylic acids is 1. The minimum atomic E-state index is -1.17. The van der Waals surface area contributed by atoms with Crippen LogP contribution in [0.1, 0.15) is 27.2 Å². The van der Waals surface area contributed by atoms with E-state index in [-0.39, 0.29) is 19.5 Å². The first kappa shape index (κ1) is 18.7. The van der Waals surface area contributed by atoms with Crippen molar-refractivity contribution in [2.75, 3.05) is 19.6 Å². The molecule has 3 amide bonds. The number of rotatable bonds is 7. The van der Waals surface area contributed by atoms with Gasteiger partial charge >= 0.3 is 12.1 Å². The van der Waals surface area contributed by atoms with E-state index in [0.29, 0.717) is 0 Å². The highest BCUT2D eigenvalue weighted by atomic mass is 16.6. The summed E-state index contributed by atoms with van der Waals surface area (Å²) in [7, 11) is 0. The van der Waals surface area contributed by atoms with Crippen molar-refractivity contribution in [3.8, 4) is 0 Å². The van der Waals surface area contributed by atoms with Crippen molar-refractivity contribution in [2.45, 2.75) is 32.8 Å². The van der Waals surface area contributed by atoms with Crippen LogP contribution in [0.15, 0.2) is 0 Å². The van der Waals surface area contributed by atoms with Gasteiger partial charge in [-0.15, -0.1) is 0 Å². The van der Waals surface area contributed by atoms with Crippen LogP contribution in [0.25, 0.3) is 0 Å². The molecule has 0 spiro atoms. The Hall–Kier alpha value is -2.32. The molecule has 0 atom stereocenters. The Kier molecular flexibility index (Phi) is 7.80. The summed E-state index contributed by atoms with van der Waals surface area (Å²) in [6.07, 6.45) is -0.652. The summed E-state index contributed by atoms with van der Waals surface area (Å²) in [5.74, 6) is -2.22. The van der Waals surface area contributed by atoms with E-state index in [1.54, 1.807) is 20.8 Å². The average molecular weight is 303 g/mol. The quantitative estimate of drug-likeness (QED) is 0.487. The van der Waals surface area contributed by atoms with E-state index in [0.717, 1.165) is 0 Å². The second-order valence-corrected chi connectivity index (χ2v) is 5.13. The van der Waals surface area contributed by atoms with E-state index in [1.807, 2.05) is 0 Å². The van der Waals surface area contributed by atoms with Crippen molar-refractivity contribution in [3.05, 3.63) is 0 Å². The molecule has 0 fully saturated rings. The zero-order valence-corrected chi connectivity index (χ0v) is 12.3. The molecule has 0 aliphatic carbocycles. The van der Waals surface area contributed by atoms with Crippen molar-refractivity contribution in [3.63, 3.8) is 0 Å². The first-order valence-electron chi connectivity index (χ1n) is 6.32. The lowest BCUT2D eigenvalue weighted by Crippen LogP contribution is -2.40. The van der Waals surface area contributed by atoms with Crippen LogP contribution in [0, 0.1) is 0 Å². The maximum atomic E-state index is 11.4. The number of hydrogen-bond acceptors (Lipinski definition) is 5. The summed E-state index contributed by atoms with van der Waals surface area (Å²) < 4.78 is 4.97. The molecule has 0 aliphatic rings. The Balaban J connectivity index is 3.74. The summed E-state index contributed by atoms with van der Waals surface area (Å²) in [6.45, 7) is 4.39. The van der Waals surface area contributed by atoms with Gasteiger partial charge in [0.15, 0.2) is 0 Å². The maximum Gasteiger partial charge on any atom is 0.407 e. The summed E-state index contributed by atoms with van der Waals surface area (Å²) in [5.41, 5.74) is -0.616. The van der Waals surface area contributed by atoms with Crippen LogP contribution in [0.2, 0.25) is 0 Å². The molecular weight excluding hydrogens is 282 g/mol. The number of carboxylic acid groups (broad SMARTS) is 1. The summed E-state index contributed by atoms with van der Waals surface area (Å²) in [5, 5.41) is 15.1. The monoisotopic (exact) mass is 303 g/mol. The SMILES string of the molecule is CC(C)(C)OC(=O)NCCC(=O)NCC(=O)NCC(=O)O. The molecule has 0 bridgehead atoms. The molecule has 0 aliphatic heterocycles. The van der Waals surface area contributed by atoms with E-state index in [1.165, 1.54) is 0 Å². The van der Waals surface area contributed by atoms with Crippen molar-refractivity contribution >= 4 is 23.9 Å². The van der Waals surface area contributed by atoms with Gasteiger partial charge in [0.1, 0.15) is 12.1 Å². The smallest absolute Gasteiger partial charge is 0.407 e. The molecule has 0 unspecified atom stereocenters. The van der Waals surface area contributed by atoms with Crippen molar-refractivity contribution in [1.82, 2.24) is 16.0 Å². The number of hydrogen-bond donors (Lipinski definition) is 4. The van der Waals surface area contributed by atoms with Crippen LogP contribution in [-0.4, -0.2) is 54.2 Å². The fourth-order valence-electron chi connectivity index (χ4n) is 1.10. The zero-order valence-electron chi connectivity index (χ0n) is 12.3. The highest BCUT2D eigenvalue weighted by molar-refractivity contribution is 5.86. The number of carbonyl (C=O) groups excluding carboxylic acids is 3. The van der Waals surface area contributed by atoms with Gasteiger partial charge < -0.3 is 25.8 Å². The molecule has 0 saturated carbocycles. The predicted octanol–water partition coefficient (Wildman–Crippen LogP) is -0.782. The second kappa shape index (κ2) is 8.77. The van der Waals surface area contributed by atoms with E-state index < -0.39 is 36.0 Å². The predicted molar refractivity (Wildman–Crippen MR) is 72.5 cm³/mol. The van der Waals surface area contributed by atoms with Gasteiger partial charge in [-0.05, 0) is 20.8 Å². The lowest BCUT2D eigenvalue weighted by molar-refractivity contribution is -0.137. The highest BCUT2D eigenvalue weighted by Gasteiger charge is 2.15. The molecule has 4 N–H and O–H groups in total. The lowest BCUT2D eigenvalue weighted by Gasteiger charge is -2.19. The van der Waals surface area contributed by atoms with Gasteiger partial charge in [-0.25, -0.2) is 4.79 Å². The van der Waals surface area contributed by atoms with E-state index in [2.05, 4.69) is 16.0 Å². The third-order valence-corrected chi connectivity index (χ3v) is 1.90. The molecule has 21 heavy (non-hydrogen) atoms. The molecule has 0 radical (unpaired) electrons. The van der Waals surface area contributed by atoms with Crippen LogP contribution < -0.4 is 16.0 Å². The van der Waals surface area contributed by atoms with Gasteiger partial charge in [0.25, 0.3) is 0 Å². The standard InChI is InChI=1S/C12H21N3O6/c1-12(2,3)21-11(20)13-5-4-8(16)14-6-9(17)15-7-10(18)19/h4-7H2,1-3H3,(H,13,20)(H,14,16)(H,15,17)(H,18,19). The lowest BCUT2D eigenvalue weighted by atomic mass is 10.2. The number of ether oxygens (including phenoxy) is 1. The van der Waals surface area contributed by atoms with Gasteiger partial charge in [0, 0.05) is 13.0 Å². The summed E-state index contributed by atoms with van der Waals surface area (Å²) >= 11 is 0. The first-order valence-corrected chi connectivity index (χ1v) is 6.32. The number of alkyl carbamates (subject to hydrolysis) is 1. The minimum Gasteiger partial charge on any atom is -0.480 e. The maximum absolute atomic E-state index is 11.4. The molecule has 0 heterocycles. The van der Waals surface area contributed by atoms with Gasteiger partial charge in [-0.1, -0.05) is 0 Å². The molecule has 0 aromatic carbocycles. The first-order chi connectivity index (χ1) is 9.60. The Morgan fingerprint density at radius 3 is 2.05 bits per heavy atom. The Morgan fingerprint density at radius 2 is 1.52 bits per heavy atom. The fourth-order valence-corrected chi connectivity index (χ4v) is 1.10. The fraction of sp³-hybridized carbons (Fsp3) is 0.667. The van der Waals surface area contributed by atoms with E-state index >= 15 is 0 Å². The van der Waals surface area contributed by atoms with E-state index in [4.69, 9.17) is 9.84 Å². The van der Waals surface area contributed by atoms with Crippen LogP contribution in [-0.2, 0) is 19.1 Å². The Labute approximate surface area is 122 Å². The van der Waals surface area contributed by atoms with Gasteiger partial charge in [0.2, 0.25) is 11.8 Å². The van der Waals surface area contributed by atoms with Crippen LogP contribution >= 0.6 is 0 Å². The number of amides is 3. The normalized spacial score (nSPS) is 10.4.